The molecule has 0 unspecified atom stereocenters. The van der Waals surface area contributed by atoms with E-state index in [-0.39, 0.29) is 5.75 Å². The van der Waals surface area contributed by atoms with Gasteiger partial charge in [0.25, 0.3) is 0 Å². The fourth-order valence-corrected chi connectivity index (χ4v) is 2.38. The van der Waals surface area contributed by atoms with Crippen LogP contribution in [-0.4, -0.2) is 24.4 Å². The summed E-state index contributed by atoms with van der Waals surface area (Å²) in [7, 11) is -3.16. The summed E-state index contributed by atoms with van der Waals surface area (Å²) in [6, 6.07) is 9.97. The number of nitrogens with two attached hydrogens (primary N) is 1. The van der Waals surface area contributed by atoms with E-state index in [0.717, 1.165) is 5.56 Å². The molecule has 94 valence electrons. The third-order valence-electron chi connectivity index (χ3n) is 2.57. The summed E-state index contributed by atoms with van der Waals surface area (Å²) in [6.45, 7) is 1.62. The smallest absolute Gasteiger partial charge is 0.178 e. The molecule has 18 heavy (non-hydrogen) atoms. The van der Waals surface area contributed by atoms with E-state index in [4.69, 9.17) is 5.73 Å². The maximum absolute atomic E-state index is 11.6. The van der Waals surface area contributed by atoms with Crippen molar-refractivity contribution < 1.29 is 8.42 Å². The van der Waals surface area contributed by atoms with Gasteiger partial charge in [-0.3, -0.25) is 0 Å². The van der Waals surface area contributed by atoms with Crippen molar-refractivity contribution in [2.24, 2.45) is 0 Å². The summed E-state index contributed by atoms with van der Waals surface area (Å²) in [5.41, 5.74) is 6.91. The fraction of sp³-hybridized carbons (Fsp3) is 0.167. The topological polar surface area (TPSA) is 85.9 Å². The van der Waals surface area contributed by atoms with Gasteiger partial charge in [-0.25, -0.2) is 8.42 Å². The van der Waals surface area contributed by atoms with Crippen LogP contribution in [0, 0.1) is 0 Å². The molecule has 0 aliphatic carbocycles. The minimum Gasteiger partial charge on any atom is -0.382 e. The Labute approximate surface area is 106 Å². The number of hydrogen-bond acceptors (Lipinski definition) is 5. The molecule has 5 nitrogen and oxygen atoms in total. The lowest BCUT2D eigenvalue weighted by Crippen LogP contribution is -2.03. The van der Waals surface area contributed by atoms with Crippen molar-refractivity contribution in [2.45, 2.75) is 11.8 Å². The molecule has 0 saturated carbocycles. The molecule has 6 heteroatoms. The second-order valence-electron chi connectivity index (χ2n) is 3.77. The monoisotopic (exact) mass is 263 g/mol. The van der Waals surface area contributed by atoms with E-state index >= 15 is 0 Å². The Morgan fingerprint density at radius 3 is 2.22 bits per heavy atom. The Kier molecular flexibility index (Phi) is 3.29. The Bertz CT molecular complexity index is 634. The number of hydrogen-bond donors (Lipinski definition) is 1. The minimum absolute atomic E-state index is 0.0913. The summed E-state index contributed by atoms with van der Waals surface area (Å²) in [5, 5.41) is 7.69. The van der Waals surface area contributed by atoms with Crippen LogP contribution < -0.4 is 5.73 Å². The lowest BCUT2D eigenvalue weighted by atomic mass is 10.1. The first kappa shape index (κ1) is 12.5. The first-order chi connectivity index (χ1) is 8.53. The zero-order valence-electron chi connectivity index (χ0n) is 9.87. The molecule has 0 aliphatic heterocycles. The zero-order chi connectivity index (χ0) is 13.2. The number of benzene rings is 1. The van der Waals surface area contributed by atoms with Crippen LogP contribution in [0.3, 0.4) is 0 Å². The van der Waals surface area contributed by atoms with Crippen LogP contribution in [0.1, 0.15) is 6.92 Å². The number of nitrogen functional groups attached to an aromatic ring is 1. The van der Waals surface area contributed by atoms with Crippen LogP contribution in [0.25, 0.3) is 11.3 Å². The Morgan fingerprint density at radius 2 is 1.72 bits per heavy atom. The average molecular weight is 263 g/mol. The quantitative estimate of drug-likeness (QED) is 0.907. The van der Waals surface area contributed by atoms with Crippen molar-refractivity contribution in [3.05, 3.63) is 36.4 Å². The summed E-state index contributed by atoms with van der Waals surface area (Å²) < 4.78 is 23.3. The maximum atomic E-state index is 11.6. The molecule has 2 N–H and O–H groups in total. The minimum atomic E-state index is -3.16. The molecule has 2 rings (SSSR count). The molecule has 1 aromatic carbocycles. The Morgan fingerprint density at radius 1 is 1.06 bits per heavy atom. The number of sulfone groups is 1. The highest BCUT2D eigenvalue weighted by Gasteiger charge is 2.11. The first-order valence-corrected chi connectivity index (χ1v) is 7.10. The number of rotatable bonds is 3. The highest BCUT2D eigenvalue weighted by molar-refractivity contribution is 7.91. The van der Waals surface area contributed by atoms with Crippen LogP contribution in [0.15, 0.2) is 41.3 Å². The van der Waals surface area contributed by atoms with E-state index in [1.807, 2.05) is 0 Å². The standard InChI is InChI=1S/C12H13N3O2S/c1-2-18(16,17)10-5-3-9(4-6-10)11-7-8-12(13)15-14-11/h3-8H,2H2,1H3,(H2,13,15). The molecule has 1 aromatic heterocycles. The second-order valence-corrected chi connectivity index (χ2v) is 6.05. The number of anilines is 1. The molecular formula is C12H13N3O2S. The normalized spacial score (nSPS) is 11.4. The van der Waals surface area contributed by atoms with E-state index in [2.05, 4.69) is 10.2 Å². The van der Waals surface area contributed by atoms with Gasteiger partial charge in [0.05, 0.1) is 16.3 Å². The van der Waals surface area contributed by atoms with Gasteiger partial charge in [-0.05, 0) is 24.3 Å². The predicted molar refractivity (Wildman–Crippen MR) is 69.6 cm³/mol. The molecule has 0 aliphatic rings. The van der Waals surface area contributed by atoms with Crippen molar-refractivity contribution in [1.82, 2.24) is 10.2 Å². The molecule has 1 heterocycles. The van der Waals surface area contributed by atoms with Crippen molar-refractivity contribution in [3.8, 4) is 11.3 Å². The summed E-state index contributed by atoms with van der Waals surface area (Å²) >= 11 is 0. The van der Waals surface area contributed by atoms with Crippen LogP contribution in [0.2, 0.25) is 0 Å². The zero-order valence-corrected chi connectivity index (χ0v) is 10.7. The largest absolute Gasteiger partial charge is 0.382 e. The van der Waals surface area contributed by atoms with Crippen molar-refractivity contribution in [1.29, 1.82) is 0 Å². The molecule has 0 spiro atoms. The fourth-order valence-electron chi connectivity index (χ4n) is 1.50. The molecular weight excluding hydrogens is 250 g/mol. The number of nitrogens with zero attached hydrogens (tertiary/aromatic N) is 2. The SMILES string of the molecule is CCS(=O)(=O)c1ccc(-c2ccc(N)nn2)cc1. The van der Waals surface area contributed by atoms with Gasteiger partial charge in [0.15, 0.2) is 9.84 Å². The van der Waals surface area contributed by atoms with Gasteiger partial charge in [-0.2, -0.15) is 0 Å². The van der Waals surface area contributed by atoms with Crippen LogP contribution in [-0.2, 0) is 9.84 Å². The van der Waals surface area contributed by atoms with Crippen LogP contribution in [0.5, 0.6) is 0 Å². The van der Waals surface area contributed by atoms with E-state index in [1.54, 1.807) is 43.3 Å². The number of aromatic nitrogens is 2. The van der Waals surface area contributed by atoms with E-state index in [9.17, 15) is 8.42 Å². The lowest BCUT2D eigenvalue weighted by molar-refractivity contribution is 0.597. The average Bonchev–Trinajstić information content (AvgIpc) is 2.40. The summed E-state index contributed by atoms with van der Waals surface area (Å²) in [4.78, 5) is 0.317. The third-order valence-corrected chi connectivity index (χ3v) is 4.32. The van der Waals surface area contributed by atoms with Crippen molar-refractivity contribution >= 4 is 15.7 Å². The van der Waals surface area contributed by atoms with Crippen LogP contribution in [0.4, 0.5) is 5.82 Å². The van der Waals surface area contributed by atoms with Gasteiger partial charge in [-0.15, -0.1) is 10.2 Å². The van der Waals surface area contributed by atoms with E-state index in [0.29, 0.717) is 16.4 Å². The molecule has 0 amide bonds. The predicted octanol–water partition coefficient (Wildman–Crippen LogP) is 1.52. The molecule has 0 bridgehead atoms. The highest BCUT2D eigenvalue weighted by atomic mass is 32.2. The Balaban J connectivity index is 2.36. The van der Waals surface area contributed by atoms with E-state index in [1.165, 1.54) is 0 Å². The molecule has 0 fully saturated rings. The summed E-state index contributed by atoms with van der Waals surface area (Å²) in [5.74, 6) is 0.442. The third kappa shape index (κ3) is 2.48. The van der Waals surface area contributed by atoms with Crippen molar-refractivity contribution in [3.63, 3.8) is 0 Å². The van der Waals surface area contributed by atoms with Gasteiger partial charge in [-0.1, -0.05) is 19.1 Å². The van der Waals surface area contributed by atoms with Gasteiger partial charge in [0.1, 0.15) is 5.82 Å². The van der Waals surface area contributed by atoms with Gasteiger partial charge < -0.3 is 5.73 Å². The van der Waals surface area contributed by atoms with Crippen molar-refractivity contribution in [2.75, 3.05) is 11.5 Å². The molecule has 0 atom stereocenters. The van der Waals surface area contributed by atoms with Gasteiger partial charge in [0, 0.05) is 5.56 Å². The molecule has 0 radical (unpaired) electrons. The first-order valence-electron chi connectivity index (χ1n) is 5.45. The van der Waals surface area contributed by atoms with Gasteiger partial charge in [0.2, 0.25) is 0 Å². The van der Waals surface area contributed by atoms with E-state index < -0.39 is 9.84 Å². The maximum Gasteiger partial charge on any atom is 0.178 e. The Hall–Kier alpha value is -1.95. The highest BCUT2D eigenvalue weighted by Crippen LogP contribution is 2.19. The second kappa shape index (κ2) is 4.73. The van der Waals surface area contributed by atoms with Crippen LogP contribution >= 0.6 is 0 Å². The summed E-state index contributed by atoms with van der Waals surface area (Å²) in [6.07, 6.45) is 0. The molecule has 2 aromatic rings. The van der Waals surface area contributed by atoms with Gasteiger partial charge >= 0.3 is 0 Å². The molecule has 0 saturated heterocycles. The lowest BCUT2D eigenvalue weighted by Gasteiger charge is -2.03.